The molecule has 188 valence electrons. The van der Waals surface area contributed by atoms with Crippen LogP contribution in [0.5, 0.6) is 5.75 Å². The van der Waals surface area contributed by atoms with Gasteiger partial charge in [-0.3, -0.25) is 19.7 Å². The largest absolute Gasteiger partial charge is 0.489 e. The number of aryl methyl sites for hydroxylation is 1. The summed E-state index contributed by atoms with van der Waals surface area (Å²) in [6, 6.07) is 19.6. The molecule has 2 N–H and O–H groups in total. The molecule has 0 spiro atoms. The number of urea groups is 1. The lowest BCUT2D eigenvalue weighted by Crippen LogP contribution is -2.38. The van der Waals surface area contributed by atoms with Crippen LogP contribution < -0.4 is 15.4 Å². The fraction of sp³-hybridized carbons (Fsp3) is 0.148. The minimum Gasteiger partial charge on any atom is -0.489 e. The van der Waals surface area contributed by atoms with Crippen LogP contribution in [0.2, 0.25) is 0 Å². The zero-order valence-electron chi connectivity index (χ0n) is 20.0. The molecule has 1 aliphatic heterocycles. The normalized spacial score (nSPS) is 14.0. The number of ether oxygens (including phenoxy) is 1. The second-order valence-corrected chi connectivity index (χ2v) is 8.22. The number of carbonyl (C=O) groups is 3. The van der Waals surface area contributed by atoms with Gasteiger partial charge in [0.25, 0.3) is 11.6 Å². The fourth-order valence-electron chi connectivity index (χ4n) is 3.75. The number of benzene rings is 3. The molecule has 1 saturated heterocycles. The maximum absolute atomic E-state index is 12.8. The first-order valence-corrected chi connectivity index (χ1v) is 11.5. The summed E-state index contributed by atoms with van der Waals surface area (Å²) in [5, 5.41) is 16.2. The van der Waals surface area contributed by atoms with Crippen molar-refractivity contribution < 1.29 is 24.0 Å². The van der Waals surface area contributed by atoms with Crippen molar-refractivity contribution in [3.8, 4) is 5.75 Å². The van der Waals surface area contributed by atoms with Gasteiger partial charge in [0.2, 0.25) is 5.91 Å². The molecule has 4 rings (SSSR count). The van der Waals surface area contributed by atoms with Gasteiger partial charge in [-0.15, -0.1) is 0 Å². The summed E-state index contributed by atoms with van der Waals surface area (Å²) in [5.74, 6) is -0.549. The van der Waals surface area contributed by atoms with Crippen LogP contribution >= 0.6 is 0 Å². The highest BCUT2D eigenvalue weighted by Gasteiger charge is 2.35. The summed E-state index contributed by atoms with van der Waals surface area (Å²) in [6.45, 7) is 1.70. The van der Waals surface area contributed by atoms with E-state index in [1.54, 1.807) is 48.5 Å². The third-order valence-corrected chi connectivity index (χ3v) is 5.65. The van der Waals surface area contributed by atoms with E-state index >= 15 is 0 Å². The summed E-state index contributed by atoms with van der Waals surface area (Å²) < 4.78 is 5.68. The second kappa shape index (κ2) is 11.2. The van der Waals surface area contributed by atoms with E-state index in [1.807, 2.05) is 19.1 Å². The van der Waals surface area contributed by atoms with E-state index in [0.29, 0.717) is 22.6 Å². The molecule has 3 aromatic carbocycles. The SMILES string of the molecule is CCc1ccccc1NC(=O)CN1C(=O)N/C(=C/c2ccc(OCc3cccc([N+](=O)[O-])c3)cc2)C1=O. The Kier molecular flexibility index (Phi) is 7.58. The molecule has 0 atom stereocenters. The number of nitro groups is 1. The first-order valence-electron chi connectivity index (χ1n) is 11.5. The van der Waals surface area contributed by atoms with Crippen molar-refractivity contribution >= 4 is 35.3 Å². The Hall–Kier alpha value is -4.99. The summed E-state index contributed by atoms with van der Waals surface area (Å²) in [6.07, 6.45) is 2.24. The molecule has 0 aliphatic carbocycles. The maximum atomic E-state index is 12.8. The van der Waals surface area contributed by atoms with Gasteiger partial charge < -0.3 is 15.4 Å². The lowest BCUT2D eigenvalue weighted by atomic mass is 10.1. The zero-order valence-corrected chi connectivity index (χ0v) is 20.0. The van der Waals surface area contributed by atoms with Gasteiger partial charge >= 0.3 is 6.03 Å². The standard InChI is InChI=1S/C27H24N4O6/c1-2-20-7-3-4-9-23(20)28-25(32)16-30-26(33)24(29-27(30)34)15-18-10-12-22(13-11-18)37-17-19-6-5-8-21(14-19)31(35)36/h3-15H,2,16-17H2,1H3,(H,28,32)(H,29,34)/b24-15+. The quantitative estimate of drug-likeness (QED) is 0.195. The summed E-state index contributed by atoms with van der Waals surface area (Å²) in [4.78, 5) is 48.9. The molecule has 0 unspecified atom stereocenters. The number of rotatable bonds is 9. The first kappa shape index (κ1) is 25.1. The number of nitrogens with zero attached hydrogens (tertiary/aromatic N) is 2. The molecule has 0 radical (unpaired) electrons. The fourth-order valence-corrected chi connectivity index (χ4v) is 3.75. The topological polar surface area (TPSA) is 131 Å². The number of hydrogen-bond acceptors (Lipinski definition) is 6. The number of hydrogen-bond donors (Lipinski definition) is 2. The lowest BCUT2D eigenvalue weighted by Gasteiger charge is -2.13. The monoisotopic (exact) mass is 500 g/mol. The molecule has 0 bridgehead atoms. The van der Waals surface area contributed by atoms with Crippen molar-refractivity contribution in [1.29, 1.82) is 0 Å². The van der Waals surface area contributed by atoms with E-state index < -0.39 is 29.3 Å². The smallest absolute Gasteiger partial charge is 0.329 e. The van der Waals surface area contributed by atoms with E-state index in [2.05, 4.69) is 10.6 Å². The maximum Gasteiger partial charge on any atom is 0.329 e. The van der Waals surface area contributed by atoms with E-state index in [0.717, 1.165) is 16.9 Å². The van der Waals surface area contributed by atoms with Gasteiger partial charge in [-0.25, -0.2) is 9.69 Å². The number of amides is 4. The minimum absolute atomic E-state index is 0.0105. The molecule has 37 heavy (non-hydrogen) atoms. The Morgan fingerprint density at radius 3 is 2.57 bits per heavy atom. The van der Waals surface area contributed by atoms with Crippen molar-refractivity contribution in [3.63, 3.8) is 0 Å². The molecule has 0 saturated carbocycles. The molecule has 0 aromatic heterocycles. The Labute approximate surface area is 212 Å². The number of nitro benzene ring substituents is 1. The van der Waals surface area contributed by atoms with Gasteiger partial charge in [-0.2, -0.15) is 0 Å². The highest BCUT2D eigenvalue weighted by atomic mass is 16.6. The number of anilines is 1. The predicted molar refractivity (Wildman–Crippen MR) is 137 cm³/mol. The summed E-state index contributed by atoms with van der Waals surface area (Å²) >= 11 is 0. The number of carbonyl (C=O) groups excluding carboxylic acids is 3. The Morgan fingerprint density at radius 1 is 1.08 bits per heavy atom. The van der Waals surface area contributed by atoms with Crippen molar-refractivity contribution in [3.05, 3.63) is 105 Å². The van der Waals surface area contributed by atoms with E-state index in [-0.39, 0.29) is 18.0 Å². The second-order valence-electron chi connectivity index (χ2n) is 8.22. The Balaban J connectivity index is 1.36. The average molecular weight is 501 g/mol. The summed E-state index contributed by atoms with van der Waals surface area (Å²) in [7, 11) is 0. The Bertz CT molecular complexity index is 1380. The zero-order chi connectivity index (χ0) is 26.4. The molecule has 10 heteroatoms. The molecule has 1 heterocycles. The van der Waals surface area contributed by atoms with Gasteiger partial charge in [-0.05, 0) is 47.4 Å². The van der Waals surface area contributed by atoms with Gasteiger partial charge in [0.05, 0.1) is 4.92 Å². The van der Waals surface area contributed by atoms with Gasteiger partial charge in [0.1, 0.15) is 24.6 Å². The molecule has 10 nitrogen and oxygen atoms in total. The van der Waals surface area contributed by atoms with E-state index in [9.17, 15) is 24.5 Å². The van der Waals surface area contributed by atoms with Crippen molar-refractivity contribution in [2.75, 3.05) is 11.9 Å². The van der Waals surface area contributed by atoms with Gasteiger partial charge in [-0.1, -0.05) is 49.4 Å². The van der Waals surface area contributed by atoms with Crippen LogP contribution in [-0.4, -0.2) is 34.2 Å². The van der Waals surface area contributed by atoms with Crippen molar-refractivity contribution in [2.24, 2.45) is 0 Å². The van der Waals surface area contributed by atoms with E-state index in [4.69, 9.17) is 4.74 Å². The van der Waals surface area contributed by atoms with Crippen LogP contribution in [0.1, 0.15) is 23.6 Å². The van der Waals surface area contributed by atoms with E-state index in [1.165, 1.54) is 18.2 Å². The minimum atomic E-state index is -0.674. The number of non-ortho nitro benzene ring substituents is 1. The van der Waals surface area contributed by atoms with Crippen LogP contribution in [0.3, 0.4) is 0 Å². The lowest BCUT2D eigenvalue weighted by molar-refractivity contribution is -0.384. The van der Waals surface area contributed by atoms with Crippen molar-refractivity contribution in [1.82, 2.24) is 10.2 Å². The van der Waals surface area contributed by atoms with Gasteiger partial charge in [0.15, 0.2) is 0 Å². The summed E-state index contributed by atoms with van der Waals surface area (Å²) in [5.41, 5.74) is 2.92. The third-order valence-electron chi connectivity index (χ3n) is 5.65. The van der Waals surface area contributed by atoms with Crippen LogP contribution in [0.15, 0.2) is 78.5 Å². The third kappa shape index (κ3) is 6.17. The van der Waals surface area contributed by atoms with Gasteiger partial charge in [0, 0.05) is 17.8 Å². The van der Waals surface area contributed by atoms with Crippen LogP contribution in [0.25, 0.3) is 6.08 Å². The Morgan fingerprint density at radius 2 is 1.84 bits per heavy atom. The molecule has 1 fully saturated rings. The highest BCUT2D eigenvalue weighted by molar-refractivity contribution is 6.16. The highest BCUT2D eigenvalue weighted by Crippen LogP contribution is 2.20. The first-order chi connectivity index (χ1) is 17.8. The van der Waals surface area contributed by atoms with Crippen LogP contribution in [0.4, 0.5) is 16.2 Å². The molecular formula is C27H24N4O6. The number of imide groups is 1. The molecule has 1 aliphatic rings. The molecule has 3 aromatic rings. The van der Waals surface area contributed by atoms with Crippen molar-refractivity contribution in [2.45, 2.75) is 20.0 Å². The average Bonchev–Trinajstić information content (AvgIpc) is 3.16. The van der Waals surface area contributed by atoms with Crippen LogP contribution in [-0.2, 0) is 22.6 Å². The number of nitrogens with one attached hydrogen (secondary N) is 2. The van der Waals surface area contributed by atoms with Crippen LogP contribution in [0, 0.1) is 10.1 Å². The molecule has 4 amide bonds. The number of para-hydroxylation sites is 1. The molecular weight excluding hydrogens is 476 g/mol. The predicted octanol–water partition coefficient (Wildman–Crippen LogP) is 4.27.